The van der Waals surface area contributed by atoms with Gasteiger partial charge in [0.1, 0.15) is 5.82 Å². The highest BCUT2D eigenvalue weighted by Crippen LogP contribution is 2.27. The molecular formula is C29H33N3O3. The zero-order valence-corrected chi connectivity index (χ0v) is 21.1. The lowest BCUT2D eigenvalue weighted by Crippen LogP contribution is -2.25. The van der Waals surface area contributed by atoms with Crippen molar-refractivity contribution in [3.63, 3.8) is 0 Å². The maximum atomic E-state index is 12.6. The van der Waals surface area contributed by atoms with Crippen LogP contribution in [0.5, 0.6) is 11.5 Å². The second kappa shape index (κ2) is 10.6. The molecule has 0 atom stereocenters. The Balaban J connectivity index is 1.47. The van der Waals surface area contributed by atoms with Crippen LogP contribution in [0.2, 0.25) is 0 Å². The van der Waals surface area contributed by atoms with Crippen LogP contribution in [-0.4, -0.2) is 36.2 Å². The van der Waals surface area contributed by atoms with Crippen molar-refractivity contribution in [3.05, 3.63) is 88.2 Å². The fourth-order valence-electron chi connectivity index (χ4n) is 4.64. The average Bonchev–Trinajstić information content (AvgIpc) is 3.20. The third-order valence-corrected chi connectivity index (χ3v) is 6.40. The third-order valence-electron chi connectivity index (χ3n) is 6.40. The Bertz CT molecular complexity index is 1330. The van der Waals surface area contributed by atoms with E-state index in [4.69, 9.17) is 14.5 Å². The van der Waals surface area contributed by atoms with Crippen molar-refractivity contribution in [2.75, 3.05) is 20.8 Å². The zero-order chi connectivity index (χ0) is 24.9. The number of aryl methyl sites for hydroxylation is 4. The molecule has 0 radical (unpaired) electrons. The normalized spacial score (nSPS) is 11.0. The Morgan fingerprint density at radius 3 is 2.37 bits per heavy atom. The molecule has 0 aliphatic heterocycles. The predicted molar refractivity (Wildman–Crippen MR) is 140 cm³/mol. The minimum absolute atomic E-state index is 0.134. The highest BCUT2D eigenvalue weighted by molar-refractivity contribution is 5.94. The third kappa shape index (κ3) is 5.32. The Morgan fingerprint density at radius 2 is 1.66 bits per heavy atom. The van der Waals surface area contributed by atoms with Crippen LogP contribution in [0.4, 0.5) is 0 Å². The first-order valence-electron chi connectivity index (χ1n) is 11.9. The van der Waals surface area contributed by atoms with Gasteiger partial charge in [-0.25, -0.2) is 4.98 Å². The van der Waals surface area contributed by atoms with E-state index in [1.54, 1.807) is 32.4 Å². The van der Waals surface area contributed by atoms with Crippen LogP contribution in [0.1, 0.15) is 44.9 Å². The van der Waals surface area contributed by atoms with E-state index in [-0.39, 0.29) is 5.91 Å². The number of imidazole rings is 1. The van der Waals surface area contributed by atoms with Gasteiger partial charge < -0.3 is 19.4 Å². The minimum atomic E-state index is -0.134. The quantitative estimate of drug-likeness (QED) is 0.333. The van der Waals surface area contributed by atoms with Gasteiger partial charge in [-0.05, 0) is 74.2 Å². The van der Waals surface area contributed by atoms with Gasteiger partial charge in [0.2, 0.25) is 0 Å². The van der Waals surface area contributed by atoms with Crippen molar-refractivity contribution < 1.29 is 14.3 Å². The molecule has 35 heavy (non-hydrogen) atoms. The number of carbonyl (C=O) groups excluding carboxylic acids is 1. The van der Waals surface area contributed by atoms with Crippen LogP contribution in [0.15, 0.2) is 54.6 Å². The number of hydrogen-bond acceptors (Lipinski definition) is 4. The van der Waals surface area contributed by atoms with Gasteiger partial charge in [0.25, 0.3) is 5.91 Å². The Kier molecular flexibility index (Phi) is 7.39. The second-order valence-electron chi connectivity index (χ2n) is 8.91. The first kappa shape index (κ1) is 24.3. The van der Waals surface area contributed by atoms with Crippen LogP contribution in [0.25, 0.3) is 11.0 Å². The van der Waals surface area contributed by atoms with Crippen LogP contribution in [-0.2, 0) is 13.0 Å². The van der Waals surface area contributed by atoms with Gasteiger partial charge in [0.05, 0.1) is 25.3 Å². The van der Waals surface area contributed by atoms with E-state index in [1.807, 2.05) is 6.07 Å². The average molecular weight is 472 g/mol. The number of carbonyl (C=O) groups is 1. The molecule has 0 unspecified atom stereocenters. The van der Waals surface area contributed by atoms with E-state index in [1.165, 1.54) is 22.3 Å². The standard InChI is InChI=1S/C29H33N3O3/c1-19-15-20(2)23(21(3)16-19)18-32-25-10-7-6-9-24(25)31-28(32)11-8-14-30-29(33)22-12-13-26(34-4)27(17-22)35-5/h6-7,9-10,12-13,15-17H,8,11,14,18H2,1-5H3,(H,30,33). The number of fused-ring (bicyclic) bond motifs is 1. The Hall–Kier alpha value is -3.80. The molecule has 6 heteroatoms. The summed E-state index contributed by atoms with van der Waals surface area (Å²) in [5.74, 6) is 2.04. The van der Waals surface area contributed by atoms with E-state index in [9.17, 15) is 4.79 Å². The number of amides is 1. The molecule has 1 aromatic heterocycles. The number of nitrogens with zero attached hydrogens (tertiary/aromatic N) is 2. The first-order chi connectivity index (χ1) is 16.9. The molecular weight excluding hydrogens is 438 g/mol. The first-order valence-corrected chi connectivity index (χ1v) is 11.9. The number of benzene rings is 3. The van der Waals surface area contributed by atoms with Gasteiger partial charge in [-0.3, -0.25) is 4.79 Å². The molecule has 0 fully saturated rings. The molecule has 4 aromatic rings. The maximum Gasteiger partial charge on any atom is 0.251 e. The van der Waals surface area contributed by atoms with Gasteiger partial charge in [-0.15, -0.1) is 0 Å². The van der Waals surface area contributed by atoms with Crippen molar-refractivity contribution in [1.29, 1.82) is 0 Å². The number of hydrogen-bond donors (Lipinski definition) is 1. The van der Waals surface area contributed by atoms with E-state index >= 15 is 0 Å². The minimum Gasteiger partial charge on any atom is -0.493 e. The lowest BCUT2D eigenvalue weighted by Gasteiger charge is -2.15. The van der Waals surface area contributed by atoms with Gasteiger partial charge in [-0.1, -0.05) is 29.8 Å². The summed E-state index contributed by atoms with van der Waals surface area (Å²) in [6.45, 7) is 7.83. The SMILES string of the molecule is COc1ccc(C(=O)NCCCc2nc3ccccc3n2Cc2c(C)cc(C)cc2C)cc1OC. The monoisotopic (exact) mass is 471 g/mol. The molecule has 182 valence electrons. The van der Waals surface area contributed by atoms with Gasteiger partial charge >= 0.3 is 0 Å². The molecule has 0 aliphatic carbocycles. The second-order valence-corrected chi connectivity index (χ2v) is 8.91. The lowest BCUT2D eigenvalue weighted by molar-refractivity contribution is 0.0952. The molecule has 1 heterocycles. The molecule has 6 nitrogen and oxygen atoms in total. The number of rotatable bonds is 9. The predicted octanol–water partition coefficient (Wildman–Crippen LogP) is 5.39. The summed E-state index contributed by atoms with van der Waals surface area (Å²) in [6, 6.07) is 17.9. The smallest absolute Gasteiger partial charge is 0.251 e. The zero-order valence-electron chi connectivity index (χ0n) is 21.1. The van der Waals surface area contributed by atoms with Crippen molar-refractivity contribution in [2.45, 2.75) is 40.2 Å². The van der Waals surface area contributed by atoms with E-state index in [2.05, 4.69) is 61.0 Å². The summed E-state index contributed by atoms with van der Waals surface area (Å²) < 4.78 is 12.9. The number of ether oxygens (including phenoxy) is 2. The number of para-hydroxylation sites is 2. The fourth-order valence-corrected chi connectivity index (χ4v) is 4.64. The molecule has 0 saturated heterocycles. The highest BCUT2D eigenvalue weighted by Gasteiger charge is 2.14. The molecule has 3 aromatic carbocycles. The summed E-state index contributed by atoms with van der Waals surface area (Å²) in [5, 5.41) is 3.01. The molecule has 0 bridgehead atoms. The Morgan fingerprint density at radius 1 is 0.943 bits per heavy atom. The summed E-state index contributed by atoms with van der Waals surface area (Å²) in [6.07, 6.45) is 1.55. The number of aromatic nitrogens is 2. The number of methoxy groups -OCH3 is 2. The van der Waals surface area contributed by atoms with Crippen LogP contribution in [0, 0.1) is 20.8 Å². The van der Waals surface area contributed by atoms with Crippen molar-refractivity contribution in [1.82, 2.24) is 14.9 Å². The van der Waals surface area contributed by atoms with E-state index < -0.39 is 0 Å². The molecule has 4 rings (SSSR count). The van der Waals surface area contributed by atoms with Crippen molar-refractivity contribution in [2.24, 2.45) is 0 Å². The van der Waals surface area contributed by atoms with Crippen LogP contribution in [0.3, 0.4) is 0 Å². The topological polar surface area (TPSA) is 65.4 Å². The van der Waals surface area contributed by atoms with Crippen molar-refractivity contribution >= 4 is 16.9 Å². The summed E-state index contributed by atoms with van der Waals surface area (Å²) in [5.41, 5.74) is 7.89. The Labute approximate surface area is 206 Å². The van der Waals surface area contributed by atoms with Gasteiger partial charge in [0, 0.05) is 25.1 Å². The number of nitrogens with one attached hydrogen (secondary N) is 1. The molecule has 0 aliphatic rings. The maximum absolute atomic E-state index is 12.6. The van der Waals surface area contributed by atoms with Crippen LogP contribution < -0.4 is 14.8 Å². The fraction of sp³-hybridized carbons (Fsp3) is 0.310. The largest absolute Gasteiger partial charge is 0.493 e. The summed E-state index contributed by atoms with van der Waals surface area (Å²) in [7, 11) is 3.14. The van der Waals surface area contributed by atoms with Gasteiger partial charge in [-0.2, -0.15) is 0 Å². The molecule has 1 N–H and O–H groups in total. The van der Waals surface area contributed by atoms with E-state index in [0.29, 0.717) is 23.6 Å². The van der Waals surface area contributed by atoms with Crippen molar-refractivity contribution in [3.8, 4) is 11.5 Å². The van der Waals surface area contributed by atoms with Crippen LogP contribution >= 0.6 is 0 Å². The lowest BCUT2D eigenvalue weighted by atomic mass is 9.99. The molecule has 0 spiro atoms. The summed E-state index contributed by atoms with van der Waals surface area (Å²) >= 11 is 0. The molecule has 1 amide bonds. The molecule has 0 saturated carbocycles. The summed E-state index contributed by atoms with van der Waals surface area (Å²) in [4.78, 5) is 17.6. The highest BCUT2D eigenvalue weighted by atomic mass is 16.5. The van der Waals surface area contributed by atoms with E-state index in [0.717, 1.165) is 36.2 Å². The van der Waals surface area contributed by atoms with Gasteiger partial charge in [0.15, 0.2) is 11.5 Å².